The molecule has 1 aliphatic rings. The van der Waals surface area contributed by atoms with Crippen molar-refractivity contribution in [1.29, 1.82) is 5.41 Å². The van der Waals surface area contributed by atoms with E-state index in [-0.39, 0.29) is 6.04 Å². The van der Waals surface area contributed by atoms with E-state index in [1.807, 2.05) is 41.3 Å². The number of thiazole rings is 1. The first-order valence-corrected chi connectivity index (χ1v) is 14.8. The number of carbonyl (C=O) groups is 1. The Kier molecular flexibility index (Phi) is 9.24. The van der Waals surface area contributed by atoms with E-state index in [9.17, 15) is 4.79 Å². The average Bonchev–Trinajstić information content (AvgIpc) is 3.55. The third-order valence-corrected chi connectivity index (χ3v) is 8.18. The highest BCUT2D eigenvalue weighted by molar-refractivity contribution is 7.06. The van der Waals surface area contributed by atoms with Crippen LogP contribution in [0.5, 0.6) is 11.5 Å². The van der Waals surface area contributed by atoms with Gasteiger partial charge < -0.3 is 19.0 Å². The number of rotatable bonds is 8. The van der Waals surface area contributed by atoms with Crippen LogP contribution in [0.1, 0.15) is 34.8 Å². The minimum absolute atomic E-state index is 0.189. The number of hydrogen-bond acceptors (Lipinski definition) is 6. The fourth-order valence-electron chi connectivity index (χ4n) is 5.13. The summed E-state index contributed by atoms with van der Waals surface area (Å²) in [5.74, 6) is 1.47. The molecule has 1 aliphatic heterocycles. The molecule has 41 heavy (non-hydrogen) atoms. The average molecular weight is 589 g/mol. The summed E-state index contributed by atoms with van der Waals surface area (Å²) in [5, 5.41) is 11.8. The number of H-pyrrole nitrogens is 1. The molecule has 212 valence electrons. The third-order valence-electron chi connectivity index (χ3n) is 7.22. The normalized spacial score (nSPS) is 14.7. The van der Waals surface area contributed by atoms with Gasteiger partial charge in [-0.15, -0.1) is 11.3 Å². The van der Waals surface area contributed by atoms with Crippen LogP contribution in [0.3, 0.4) is 0 Å². The highest BCUT2D eigenvalue weighted by atomic mass is 35.5. The van der Waals surface area contributed by atoms with E-state index in [1.165, 1.54) is 33.5 Å². The first kappa shape index (κ1) is 28.7. The highest BCUT2D eigenvalue weighted by Gasteiger charge is 2.29. The number of hydrogen-bond donors (Lipinski definition) is 2. The molecule has 0 amide bonds. The monoisotopic (exact) mass is 588 g/mol. The van der Waals surface area contributed by atoms with Gasteiger partial charge in [0.05, 0.1) is 12.6 Å². The third kappa shape index (κ3) is 6.90. The number of ether oxygens (including phenoxy) is 2. The molecule has 2 N–H and O–H groups in total. The summed E-state index contributed by atoms with van der Waals surface area (Å²) in [4.78, 5) is 16.5. The zero-order valence-electron chi connectivity index (χ0n) is 23.1. The molecular weight excluding hydrogens is 556 g/mol. The molecule has 0 spiro atoms. The summed E-state index contributed by atoms with van der Waals surface area (Å²) >= 11 is 7.70. The van der Waals surface area contributed by atoms with Gasteiger partial charge in [-0.2, -0.15) is 0 Å². The number of halogens is 1. The van der Waals surface area contributed by atoms with E-state index >= 15 is 0 Å². The van der Waals surface area contributed by atoms with Crippen LogP contribution < -0.4 is 14.3 Å². The SMILES string of the molecule is CN1CCc2c([nH]c3ccc(Cl)cc23)C1c1ccc(OCCCn2ccsc2=N)cc1.Cc1ccc(OC=O)cc1. The van der Waals surface area contributed by atoms with Gasteiger partial charge in [0, 0.05) is 46.3 Å². The van der Waals surface area contributed by atoms with Crippen molar-refractivity contribution >= 4 is 40.3 Å². The Bertz CT molecular complexity index is 1660. The van der Waals surface area contributed by atoms with Crippen molar-refractivity contribution in [3.63, 3.8) is 0 Å². The summed E-state index contributed by atoms with van der Waals surface area (Å²) in [6, 6.07) is 22.0. The van der Waals surface area contributed by atoms with Crippen LogP contribution in [-0.2, 0) is 17.8 Å². The van der Waals surface area contributed by atoms with Crippen molar-refractivity contribution in [2.45, 2.75) is 32.4 Å². The number of aryl methyl sites for hydroxylation is 2. The number of nitrogens with one attached hydrogen (secondary N) is 2. The lowest BCUT2D eigenvalue weighted by atomic mass is 9.93. The van der Waals surface area contributed by atoms with Gasteiger partial charge in [0.15, 0.2) is 4.80 Å². The Labute approximate surface area is 248 Å². The lowest BCUT2D eigenvalue weighted by molar-refractivity contribution is -0.120. The number of likely N-dealkylation sites (N-methyl/N-ethyl adjacent to an activating group) is 1. The van der Waals surface area contributed by atoms with Crippen molar-refractivity contribution in [2.24, 2.45) is 0 Å². The van der Waals surface area contributed by atoms with Gasteiger partial charge in [0.1, 0.15) is 11.5 Å². The second-order valence-corrected chi connectivity index (χ2v) is 11.4. The fourth-order valence-corrected chi connectivity index (χ4v) is 5.92. The lowest BCUT2D eigenvalue weighted by Gasteiger charge is -2.33. The molecule has 6 rings (SSSR count). The molecule has 9 heteroatoms. The number of fused-ring (bicyclic) bond motifs is 3. The Morgan fingerprint density at radius 2 is 1.85 bits per heavy atom. The Morgan fingerprint density at radius 3 is 2.56 bits per heavy atom. The maximum Gasteiger partial charge on any atom is 0.298 e. The summed E-state index contributed by atoms with van der Waals surface area (Å²) in [6.07, 6.45) is 3.85. The van der Waals surface area contributed by atoms with Gasteiger partial charge in [-0.1, -0.05) is 41.4 Å². The molecule has 0 aliphatic carbocycles. The Balaban J connectivity index is 0.000000287. The highest BCUT2D eigenvalue weighted by Crippen LogP contribution is 2.38. The van der Waals surface area contributed by atoms with Crippen LogP contribution in [0.4, 0.5) is 0 Å². The zero-order chi connectivity index (χ0) is 28.8. The van der Waals surface area contributed by atoms with Crippen molar-refractivity contribution in [1.82, 2.24) is 14.5 Å². The molecule has 1 unspecified atom stereocenters. The van der Waals surface area contributed by atoms with Crippen molar-refractivity contribution in [3.8, 4) is 11.5 Å². The number of aromatic amines is 1. The smallest absolute Gasteiger partial charge is 0.298 e. The fraction of sp³-hybridized carbons (Fsp3) is 0.250. The van der Waals surface area contributed by atoms with E-state index in [4.69, 9.17) is 21.7 Å². The molecule has 1 atom stereocenters. The second-order valence-electron chi connectivity index (χ2n) is 10.0. The maximum atomic E-state index is 9.84. The van der Waals surface area contributed by atoms with Crippen molar-refractivity contribution in [3.05, 3.63) is 111 Å². The largest absolute Gasteiger partial charge is 0.494 e. The van der Waals surface area contributed by atoms with Crippen molar-refractivity contribution < 1.29 is 14.3 Å². The Morgan fingerprint density at radius 1 is 1.10 bits per heavy atom. The van der Waals surface area contributed by atoms with Gasteiger partial charge in [-0.05, 0) is 80.4 Å². The molecule has 5 aromatic rings. The van der Waals surface area contributed by atoms with Gasteiger partial charge in [0.25, 0.3) is 6.47 Å². The molecule has 0 bridgehead atoms. The van der Waals surface area contributed by atoms with E-state index in [0.29, 0.717) is 23.6 Å². The number of benzene rings is 3. The summed E-state index contributed by atoms with van der Waals surface area (Å²) < 4.78 is 12.5. The van der Waals surface area contributed by atoms with Crippen LogP contribution in [0, 0.1) is 12.3 Å². The van der Waals surface area contributed by atoms with Crippen molar-refractivity contribution in [2.75, 3.05) is 20.2 Å². The van der Waals surface area contributed by atoms with Crippen LogP contribution in [0.25, 0.3) is 10.9 Å². The molecule has 0 radical (unpaired) electrons. The second kappa shape index (κ2) is 13.2. The summed E-state index contributed by atoms with van der Waals surface area (Å²) in [6.45, 7) is 4.85. The number of carbonyl (C=O) groups excluding carboxylic acids is 1. The van der Waals surface area contributed by atoms with Crippen LogP contribution >= 0.6 is 22.9 Å². The molecule has 0 saturated heterocycles. The molecule has 3 aromatic carbocycles. The van der Waals surface area contributed by atoms with Gasteiger partial charge >= 0.3 is 0 Å². The minimum Gasteiger partial charge on any atom is -0.494 e. The number of aromatic nitrogens is 2. The maximum absolute atomic E-state index is 9.84. The first-order chi connectivity index (χ1) is 19.9. The molecule has 7 nitrogen and oxygen atoms in total. The summed E-state index contributed by atoms with van der Waals surface area (Å²) in [5.41, 5.74) is 6.19. The van der Waals surface area contributed by atoms with Crippen LogP contribution in [0.15, 0.2) is 78.3 Å². The number of nitrogens with zero attached hydrogens (tertiary/aromatic N) is 2. The molecule has 0 saturated carbocycles. The van der Waals surface area contributed by atoms with E-state index in [2.05, 4.69) is 58.1 Å². The topological polar surface area (TPSA) is 83.3 Å². The minimum atomic E-state index is 0.189. The predicted octanol–water partition coefficient (Wildman–Crippen LogP) is 6.74. The van der Waals surface area contributed by atoms with E-state index in [1.54, 1.807) is 12.1 Å². The molecular formula is C32H33ClN4O3S. The van der Waals surface area contributed by atoms with Gasteiger partial charge in [-0.25, -0.2) is 0 Å². The van der Waals surface area contributed by atoms with Gasteiger partial charge in [0.2, 0.25) is 0 Å². The van der Waals surface area contributed by atoms with E-state index < -0.39 is 0 Å². The Hall–Kier alpha value is -3.85. The summed E-state index contributed by atoms with van der Waals surface area (Å²) in [7, 11) is 2.18. The quantitative estimate of drug-likeness (QED) is 0.155. The lowest BCUT2D eigenvalue weighted by Crippen LogP contribution is -2.32. The zero-order valence-corrected chi connectivity index (χ0v) is 24.7. The predicted molar refractivity (Wildman–Crippen MR) is 164 cm³/mol. The molecule has 2 aromatic heterocycles. The standard InChI is InChI=1S/C24H25ClN4OS.C8H8O2/c1-28-11-9-19-20-15-17(25)5-8-21(20)27-22(19)23(28)16-3-6-18(7-4-16)30-13-2-10-29-12-14-31-24(29)26;1-7-2-4-8(5-3-7)10-6-9/h3-8,12,14-15,23,26-27H,2,9-11,13H2,1H3;2-6H,1H3. The first-order valence-electron chi connectivity index (χ1n) is 13.5. The van der Waals surface area contributed by atoms with Gasteiger partial charge in [-0.3, -0.25) is 15.1 Å². The van der Waals surface area contributed by atoms with Crippen LogP contribution in [0.2, 0.25) is 5.02 Å². The molecule has 3 heterocycles. The molecule has 0 fully saturated rings. The van der Waals surface area contributed by atoms with E-state index in [0.717, 1.165) is 47.8 Å². The van der Waals surface area contributed by atoms with Crippen LogP contribution in [-0.4, -0.2) is 41.1 Å².